The molecule has 2 aromatic rings. The van der Waals surface area contributed by atoms with E-state index in [2.05, 4.69) is 40.5 Å². The van der Waals surface area contributed by atoms with E-state index in [9.17, 15) is 14.4 Å². The summed E-state index contributed by atoms with van der Waals surface area (Å²) in [6.07, 6.45) is 8.03. The van der Waals surface area contributed by atoms with Crippen molar-refractivity contribution >= 4 is 17.7 Å². The van der Waals surface area contributed by atoms with E-state index in [4.69, 9.17) is 0 Å². The number of piperidine rings is 2. The highest BCUT2D eigenvalue weighted by Crippen LogP contribution is 2.34. The topological polar surface area (TPSA) is 69.7 Å². The second kappa shape index (κ2) is 9.23. The van der Waals surface area contributed by atoms with E-state index in [-0.39, 0.29) is 24.1 Å². The van der Waals surface area contributed by atoms with Gasteiger partial charge in [-0.05, 0) is 97.8 Å². The molecule has 1 atom stereocenters. The molecule has 1 aliphatic carbocycles. The number of likely N-dealkylation sites (tertiary alicyclic amines) is 1. The maximum absolute atomic E-state index is 13.0. The van der Waals surface area contributed by atoms with Gasteiger partial charge in [0.1, 0.15) is 6.04 Å². The summed E-state index contributed by atoms with van der Waals surface area (Å²) in [5, 5.41) is 2.38. The second-order valence-electron chi connectivity index (χ2n) is 10.7. The maximum atomic E-state index is 13.0. The first-order valence-corrected chi connectivity index (χ1v) is 13.2. The molecule has 0 saturated carbocycles. The highest BCUT2D eigenvalue weighted by Gasteiger charge is 2.39. The number of nitrogens with one attached hydrogen (secondary N) is 1. The van der Waals surface area contributed by atoms with Crippen LogP contribution in [0.2, 0.25) is 0 Å². The van der Waals surface area contributed by atoms with Crippen molar-refractivity contribution in [1.29, 1.82) is 0 Å². The normalized spacial score (nSPS) is 23.3. The van der Waals surface area contributed by atoms with Gasteiger partial charge in [0.25, 0.3) is 5.91 Å². The average molecular weight is 472 g/mol. The molecule has 6 heteroatoms. The Morgan fingerprint density at radius 2 is 1.63 bits per heavy atom. The van der Waals surface area contributed by atoms with Crippen LogP contribution >= 0.6 is 0 Å². The molecular formula is C29H33N3O3. The monoisotopic (exact) mass is 471 g/mol. The molecule has 3 heterocycles. The Balaban J connectivity index is 1.08. The Labute approximate surface area is 206 Å². The summed E-state index contributed by atoms with van der Waals surface area (Å²) in [5.74, 6) is -0.203. The van der Waals surface area contributed by atoms with E-state index >= 15 is 0 Å². The molecule has 0 radical (unpaired) electrons. The molecule has 2 fully saturated rings. The summed E-state index contributed by atoms with van der Waals surface area (Å²) in [6.45, 7) is 3.64. The predicted octanol–water partition coefficient (Wildman–Crippen LogP) is 3.71. The van der Waals surface area contributed by atoms with Crippen LogP contribution in [0.1, 0.15) is 82.6 Å². The second-order valence-corrected chi connectivity index (χ2v) is 10.7. The van der Waals surface area contributed by atoms with Gasteiger partial charge in [-0.3, -0.25) is 24.6 Å². The Hall–Kier alpha value is -2.99. The van der Waals surface area contributed by atoms with Crippen molar-refractivity contribution in [3.8, 4) is 0 Å². The van der Waals surface area contributed by atoms with Gasteiger partial charge in [0.2, 0.25) is 11.8 Å². The summed E-state index contributed by atoms with van der Waals surface area (Å²) in [5.41, 5.74) is 7.55. The van der Waals surface area contributed by atoms with E-state index in [0.29, 0.717) is 24.4 Å². The minimum atomic E-state index is -0.553. The smallest absolute Gasteiger partial charge is 0.255 e. The van der Waals surface area contributed by atoms with Crippen molar-refractivity contribution in [3.05, 3.63) is 69.8 Å². The lowest BCUT2D eigenvalue weighted by Gasteiger charge is -2.32. The third kappa shape index (κ3) is 4.40. The van der Waals surface area contributed by atoms with Crippen molar-refractivity contribution in [1.82, 2.24) is 15.1 Å². The quantitative estimate of drug-likeness (QED) is 0.691. The molecular weight excluding hydrogens is 438 g/mol. The number of benzene rings is 2. The summed E-state index contributed by atoms with van der Waals surface area (Å²) in [7, 11) is 0. The van der Waals surface area contributed by atoms with Gasteiger partial charge < -0.3 is 4.90 Å². The number of carbonyl (C=O) groups is 3. The third-order valence-corrected chi connectivity index (χ3v) is 8.43. The van der Waals surface area contributed by atoms with Gasteiger partial charge in [-0.1, -0.05) is 30.3 Å². The van der Waals surface area contributed by atoms with Crippen LogP contribution in [0, 0.1) is 0 Å². The van der Waals surface area contributed by atoms with Crippen LogP contribution in [-0.2, 0) is 35.5 Å². The zero-order chi connectivity index (χ0) is 23.9. The SMILES string of the molecule is O=C1CCC(N2Cc3cc(C4CCN(Cc5ccc6c(c5)CCCC6)CC4)ccc3C2=O)C(=O)N1. The molecule has 35 heavy (non-hydrogen) atoms. The van der Waals surface area contributed by atoms with Crippen LogP contribution < -0.4 is 5.32 Å². The van der Waals surface area contributed by atoms with E-state index < -0.39 is 6.04 Å². The fourth-order valence-electron chi connectivity index (χ4n) is 6.42. The fourth-order valence-corrected chi connectivity index (χ4v) is 6.42. The number of fused-ring (bicyclic) bond motifs is 2. The van der Waals surface area contributed by atoms with Gasteiger partial charge >= 0.3 is 0 Å². The van der Waals surface area contributed by atoms with Crippen LogP contribution in [0.4, 0.5) is 0 Å². The first-order valence-electron chi connectivity index (χ1n) is 13.2. The number of amides is 3. The number of carbonyl (C=O) groups excluding carboxylic acids is 3. The lowest BCUT2D eigenvalue weighted by molar-refractivity contribution is -0.136. The van der Waals surface area contributed by atoms with Crippen LogP contribution in [0.5, 0.6) is 0 Å². The summed E-state index contributed by atoms with van der Waals surface area (Å²) < 4.78 is 0. The van der Waals surface area contributed by atoms with Crippen LogP contribution in [0.25, 0.3) is 0 Å². The fraction of sp³-hybridized carbons (Fsp3) is 0.483. The predicted molar refractivity (Wildman–Crippen MR) is 133 cm³/mol. The molecule has 0 aromatic heterocycles. The lowest BCUT2D eigenvalue weighted by Crippen LogP contribution is -2.52. The molecule has 0 bridgehead atoms. The zero-order valence-corrected chi connectivity index (χ0v) is 20.2. The van der Waals surface area contributed by atoms with Gasteiger partial charge in [-0.2, -0.15) is 0 Å². The van der Waals surface area contributed by atoms with Crippen molar-refractivity contribution < 1.29 is 14.4 Å². The van der Waals surface area contributed by atoms with E-state index in [1.54, 1.807) is 16.0 Å². The van der Waals surface area contributed by atoms with Crippen LogP contribution in [0.15, 0.2) is 36.4 Å². The maximum Gasteiger partial charge on any atom is 0.255 e. The molecule has 1 N–H and O–H groups in total. The molecule has 2 aromatic carbocycles. The van der Waals surface area contributed by atoms with Crippen LogP contribution in [0.3, 0.4) is 0 Å². The minimum absolute atomic E-state index is 0.0964. The zero-order valence-electron chi connectivity index (χ0n) is 20.2. The summed E-state index contributed by atoms with van der Waals surface area (Å²) >= 11 is 0. The van der Waals surface area contributed by atoms with Crippen molar-refractivity contribution in [2.45, 2.75) is 76.4 Å². The van der Waals surface area contributed by atoms with Crippen molar-refractivity contribution in [3.63, 3.8) is 0 Å². The molecule has 2 saturated heterocycles. The van der Waals surface area contributed by atoms with Gasteiger partial charge in [-0.15, -0.1) is 0 Å². The van der Waals surface area contributed by atoms with E-state index in [1.165, 1.54) is 36.8 Å². The standard InChI is InChI=1S/C29H33N3O3/c33-27-10-9-26(28(34)30-27)32-18-24-16-23(7-8-25(24)29(32)35)21-11-13-31(14-12-21)17-19-5-6-20-3-1-2-4-22(20)15-19/h5-8,15-16,21,26H,1-4,9-14,17-18H2,(H,30,33,34). The molecule has 3 amide bonds. The largest absolute Gasteiger partial charge is 0.322 e. The number of aryl methyl sites for hydroxylation is 2. The summed E-state index contributed by atoms with van der Waals surface area (Å²) in [4.78, 5) is 41.0. The molecule has 4 aliphatic rings. The molecule has 6 rings (SSSR count). The lowest BCUT2D eigenvalue weighted by atomic mass is 9.87. The number of imide groups is 1. The Morgan fingerprint density at radius 3 is 2.43 bits per heavy atom. The summed E-state index contributed by atoms with van der Waals surface area (Å²) in [6, 6.07) is 12.8. The van der Waals surface area contributed by atoms with Crippen molar-refractivity contribution in [2.24, 2.45) is 0 Å². The average Bonchev–Trinajstić information content (AvgIpc) is 3.20. The number of hydrogen-bond donors (Lipinski definition) is 1. The highest BCUT2D eigenvalue weighted by molar-refractivity contribution is 6.05. The van der Waals surface area contributed by atoms with E-state index in [0.717, 1.165) is 38.0 Å². The van der Waals surface area contributed by atoms with Crippen molar-refractivity contribution in [2.75, 3.05) is 13.1 Å². The number of hydrogen-bond acceptors (Lipinski definition) is 4. The number of rotatable bonds is 4. The van der Waals surface area contributed by atoms with Gasteiger partial charge in [-0.25, -0.2) is 0 Å². The van der Waals surface area contributed by atoms with Gasteiger partial charge in [0.05, 0.1) is 0 Å². The first-order chi connectivity index (χ1) is 17.0. The number of nitrogens with zero attached hydrogens (tertiary/aromatic N) is 2. The first kappa shape index (κ1) is 22.5. The van der Waals surface area contributed by atoms with Crippen LogP contribution in [-0.4, -0.2) is 46.7 Å². The highest BCUT2D eigenvalue weighted by atomic mass is 16.2. The third-order valence-electron chi connectivity index (χ3n) is 8.43. The Morgan fingerprint density at radius 1 is 0.829 bits per heavy atom. The molecule has 1 unspecified atom stereocenters. The molecule has 182 valence electrons. The minimum Gasteiger partial charge on any atom is -0.322 e. The molecule has 6 nitrogen and oxygen atoms in total. The van der Waals surface area contributed by atoms with Gasteiger partial charge in [0.15, 0.2) is 0 Å². The molecule has 0 spiro atoms. The van der Waals surface area contributed by atoms with Gasteiger partial charge in [0, 0.05) is 25.1 Å². The Bertz CT molecular complexity index is 1180. The Kier molecular flexibility index (Phi) is 5.93. The van der Waals surface area contributed by atoms with E-state index in [1.807, 2.05) is 6.07 Å². The molecule has 3 aliphatic heterocycles.